The maximum Gasteiger partial charge on any atom is 0.230 e. The van der Waals surface area contributed by atoms with E-state index in [0.29, 0.717) is 40.6 Å². The predicted octanol–water partition coefficient (Wildman–Crippen LogP) is 4.91. The number of nitrogens with one attached hydrogen (secondary N) is 1. The van der Waals surface area contributed by atoms with Gasteiger partial charge in [0.2, 0.25) is 11.8 Å². The van der Waals surface area contributed by atoms with Gasteiger partial charge < -0.3 is 24.8 Å². The van der Waals surface area contributed by atoms with Crippen molar-refractivity contribution in [2.45, 2.75) is 26.3 Å². The number of ether oxygens (including phenoxy) is 1. The van der Waals surface area contributed by atoms with Gasteiger partial charge in [-0.1, -0.05) is 24.8 Å². The summed E-state index contributed by atoms with van der Waals surface area (Å²) in [5.74, 6) is 0.498. The van der Waals surface area contributed by atoms with Crippen LogP contribution < -0.4 is 10.1 Å². The fourth-order valence-electron chi connectivity index (χ4n) is 3.49. The Kier molecular flexibility index (Phi) is 7.74. The highest BCUT2D eigenvalue weighted by Crippen LogP contribution is 2.27. The van der Waals surface area contributed by atoms with E-state index in [9.17, 15) is 15.0 Å². The number of methoxy groups -OCH3 is 1. The first-order chi connectivity index (χ1) is 15.9. The van der Waals surface area contributed by atoms with Gasteiger partial charge >= 0.3 is 0 Å². The number of imidazole rings is 1. The molecule has 0 saturated heterocycles. The molecule has 33 heavy (non-hydrogen) atoms. The van der Waals surface area contributed by atoms with Crippen molar-refractivity contribution in [3.8, 4) is 17.4 Å². The number of carbonyl (C=O) groups is 1. The minimum atomic E-state index is -0.290. The van der Waals surface area contributed by atoms with Crippen LogP contribution in [-0.4, -0.2) is 32.4 Å². The van der Waals surface area contributed by atoms with Crippen molar-refractivity contribution >= 4 is 29.5 Å². The van der Waals surface area contributed by atoms with Crippen LogP contribution in [0.1, 0.15) is 18.2 Å². The third-order valence-corrected chi connectivity index (χ3v) is 5.65. The predicted molar refractivity (Wildman–Crippen MR) is 132 cm³/mol. The van der Waals surface area contributed by atoms with Gasteiger partial charge in [0.1, 0.15) is 11.5 Å². The summed E-state index contributed by atoms with van der Waals surface area (Å²) in [6.07, 6.45) is 3.91. The molecule has 0 atom stereocenters. The molecule has 0 spiro atoms. The third-order valence-electron chi connectivity index (χ3n) is 5.24. The van der Waals surface area contributed by atoms with E-state index in [1.54, 1.807) is 60.2 Å². The Hall–Kier alpha value is -3.78. The Labute approximate surface area is 197 Å². The van der Waals surface area contributed by atoms with Gasteiger partial charge in [0.15, 0.2) is 4.77 Å². The third kappa shape index (κ3) is 5.53. The molecule has 3 N–H and O–H groups in total. The van der Waals surface area contributed by atoms with Crippen LogP contribution in [0.15, 0.2) is 67.3 Å². The number of phenols is 1. The lowest BCUT2D eigenvalue weighted by Gasteiger charge is -2.10. The number of aryl methyl sites for hydroxylation is 1. The van der Waals surface area contributed by atoms with Gasteiger partial charge in [-0.25, -0.2) is 0 Å². The highest BCUT2D eigenvalue weighted by Gasteiger charge is 2.21. The number of hydrogen-bond donors (Lipinski definition) is 3. The molecule has 1 heterocycles. The Morgan fingerprint density at radius 1 is 1.15 bits per heavy atom. The van der Waals surface area contributed by atoms with Crippen LogP contribution in [-0.2, 0) is 24.2 Å². The number of anilines is 1. The molecule has 3 aromatic rings. The first-order valence-corrected chi connectivity index (χ1v) is 10.8. The average molecular weight is 466 g/mol. The molecule has 0 fully saturated rings. The van der Waals surface area contributed by atoms with Gasteiger partial charge in [-0.05, 0) is 73.6 Å². The number of amides is 1. The fourth-order valence-corrected chi connectivity index (χ4v) is 3.88. The van der Waals surface area contributed by atoms with Crippen LogP contribution in [0.3, 0.4) is 0 Å². The molecule has 7 nitrogen and oxygen atoms in total. The van der Waals surface area contributed by atoms with Gasteiger partial charge in [0.25, 0.3) is 0 Å². The topological polar surface area (TPSA) is 88.7 Å². The van der Waals surface area contributed by atoms with E-state index in [2.05, 4.69) is 11.9 Å². The van der Waals surface area contributed by atoms with E-state index in [1.165, 1.54) is 4.57 Å². The van der Waals surface area contributed by atoms with Crippen molar-refractivity contribution < 1.29 is 19.7 Å². The number of rotatable bonds is 9. The maximum atomic E-state index is 12.8. The average Bonchev–Trinajstić information content (AvgIpc) is 3.04. The van der Waals surface area contributed by atoms with Crippen LogP contribution in [0.5, 0.6) is 17.4 Å². The second kappa shape index (κ2) is 10.7. The lowest BCUT2D eigenvalue weighted by atomic mass is 10.1. The summed E-state index contributed by atoms with van der Waals surface area (Å²) in [6, 6.07) is 13.9. The van der Waals surface area contributed by atoms with Crippen LogP contribution in [0, 0.1) is 4.77 Å². The van der Waals surface area contributed by atoms with Crippen LogP contribution >= 0.6 is 12.2 Å². The van der Waals surface area contributed by atoms with Crippen molar-refractivity contribution in [2.75, 3.05) is 12.4 Å². The Morgan fingerprint density at radius 2 is 1.82 bits per heavy atom. The number of allylic oxidation sites excluding steroid dienone is 3. The number of hydrogen-bond acceptors (Lipinski definition) is 5. The lowest BCUT2D eigenvalue weighted by molar-refractivity contribution is -0.115. The van der Waals surface area contributed by atoms with E-state index in [1.807, 2.05) is 19.1 Å². The summed E-state index contributed by atoms with van der Waals surface area (Å²) in [5.41, 5.74) is 2.64. The van der Waals surface area contributed by atoms with Gasteiger partial charge in [-0.15, -0.1) is 0 Å². The van der Waals surface area contributed by atoms with Crippen molar-refractivity contribution in [3.05, 3.63) is 83.3 Å². The highest BCUT2D eigenvalue weighted by molar-refractivity contribution is 7.71. The minimum Gasteiger partial charge on any atom is -0.508 e. The summed E-state index contributed by atoms with van der Waals surface area (Å²) in [4.78, 5) is 12.8. The van der Waals surface area contributed by atoms with Crippen LogP contribution in [0.2, 0.25) is 0 Å². The molecule has 3 rings (SSSR count). The Bertz CT molecular complexity index is 1220. The first-order valence-electron chi connectivity index (χ1n) is 10.4. The normalized spacial score (nSPS) is 11.3. The zero-order chi connectivity index (χ0) is 24.0. The number of aromatic nitrogens is 2. The number of aromatic hydroxyl groups is 2. The molecule has 0 aliphatic carbocycles. The van der Waals surface area contributed by atoms with E-state index in [4.69, 9.17) is 17.0 Å². The van der Waals surface area contributed by atoms with Gasteiger partial charge in [-0.3, -0.25) is 9.36 Å². The molecule has 0 saturated carbocycles. The Morgan fingerprint density at radius 3 is 2.39 bits per heavy atom. The molecule has 0 bridgehead atoms. The van der Waals surface area contributed by atoms with E-state index in [0.717, 1.165) is 5.56 Å². The Balaban J connectivity index is 1.90. The molecule has 8 heteroatoms. The second-order valence-corrected chi connectivity index (χ2v) is 7.69. The highest BCUT2D eigenvalue weighted by atomic mass is 32.1. The van der Waals surface area contributed by atoms with Crippen molar-refractivity contribution in [2.24, 2.45) is 0 Å². The molecular formula is C25H27N3O4S. The molecule has 0 aliphatic heterocycles. The summed E-state index contributed by atoms with van der Waals surface area (Å²) in [6.45, 7) is 6.06. The molecular weight excluding hydrogens is 438 g/mol. The summed E-state index contributed by atoms with van der Waals surface area (Å²) < 4.78 is 8.78. The lowest BCUT2D eigenvalue weighted by Crippen LogP contribution is -2.17. The quantitative estimate of drug-likeness (QED) is 0.309. The molecule has 2 aromatic carbocycles. The number of benzene rings is 2. The van der Waals surface area contributed by atoms with Gasteiger partial charge in [0, 0.05) is 17.9 Å². The molecule has 1 amide bonds. The van der Waals surface area contributed by atoms with E-state index < -0.39 is 0 Å². The second-order valence-electron chi connectivity index (χ2n) is 7.33. The fraction of sp³-hybridized carbons (Fsp3) is 0.200. The SMILES string of the molecule is C=CC(=CC)n1c(O)c(CC(=O)Nc2ccc(OC)cc2)n(CCc2ccc(O)cc2)c1=S. The number of nitrogens with zero attached hydrogens (tertiary/aromatic N) is 2. The van der Waals surface area contributed by atoms with Gasteiger partial charge in [0.05, 0.1) is 19.2 Å². The van der Waals surface area contributed by atoms with Crippen molar-refractivity contribution in [1.82, 2.24) is 9.13 Å². The zero-order valence-corrected chi connectivity index (χ0v) is 19.4. The molecule has 0 radical (unpaired) electrons. The van der Waals surface area contributed by atoms with Crippen LogP contribution in [0.25, 0.3) is 5.70 Å². The molecule has 1 aromatic heterocycles. The van der Waals surface area contributed by atoms with E-state index in [-0.39, 0.29) is 24.0 Å². The minimum absolute atomic E-state index is 0.0712. The zero-order valence-electron chi connectivity index (χ0n) is 18.6. The first kappa shape index (κ1) is 23.9. The van der Waals surface area contributed by atoms with Crippen molar-refractivity contribution in [3.63, 3.8) is 0 Å². The maximum absolute atomic E-state index is 12.8. The van der Waals surface area contributed by atoms with Crippen molar-refractivity contribution in [1.29, 1.82) is 0 Å². The molecule has 0 unspecified atom stereocenters. The number of carbonyl (C=O) groups excluding carboxylic acids is 1. The molecule has 0 aliphatic rings. The smallest absolute Gasteiger partial charge is 0.230 e. The van der Waals surface area contributed by atoms with Gasteiger partial charge in [-0.2, -0.15) is 0 Å². The largest absolute Gasteiger partial charge is 0.508 e. The monoisotopic (exact) mass is 465 g/mol. The standard InChI is InChI=1S/C25H27N3O4S/c1-4-19(5-2)28-24(31)22(16-23(30)26-18-8-12-21(32-3)13-9-18)27(25(28)33)15-14-17-6-10-20(29)11-7-17/h4-13,29,31H,1,14-16H2,2-3H3,(H,26,30). The summed E-state index contributed by atoms with van der Waals surface area (Å²) in [5, 5.41) is 23.3. The number of phenolic OH excluding ortho intramolecular Hbond substituents is 1. The summed E-state index contributed by atoms with van der Waals surface area (Å²) in [7, 11) is 1.58. The van der Waals surface area contributed by atoms with E-state index >= 15 is 0 Å². The summed E-state index contributed by atoms with van der Waals surface area (Å²) >= 11 is 5.65. The van der Waals surface area contributed by atoms with Crippen LogP contribution in [0.4, 0.5) is 5.69 Å². The molecule has 172 valence electrons.